The van der Waals surface area contributed by atoms with E-state index in [-0.39, 0.29) is 0 Å². The molecule has 0 aromatic heterocycles. The highest BCUT2D eigenvalue weighted by atomic mass is 127. The summed E-state index contributed by atoms with van der Waals surface area (Å²) in [6.07, 6.45) is 2.35. The highest BCUT2D eigenvalue weighted by Gasteiger charge is 2.14. The molecule has 1 saturated heterocycles. The van der Waals surface area contributed by atoms with E-state index in [4.69, 9.17) is 9.47 Å². The van der Waals surface area contributed by atoms with E-state index in [1.54, 1.807) is 0 Å². The Morgan fingerprint density at radius 3 is 2.79 bits per heavy atom. The molecule has 0 unspecified atom stereocenters. The van der Waals surface area contributed by atoms with Crippen molar-refractivity contribution in [2.24, 2.45) is 0 Å². The first-order chi connectivity index (χ1) is 6.84. The van der Waals surface area contributed by atoms with Crippen LogP contribution in [0.4, 0.5) is 0 Å². The molecule has 1 fully saturated rings. The van der Waals surface area contributed by atoms with Gasteiger partial charge in [-0.05, 0) is 40.8 Å². The summed E-state index contributed by atoms with van der Waals surface area (Å²) in [5, 5.41) is 0. The quantitative estimate of drug-likeness (QED) is 0.782. The molecule has 2 rings (SSSR count). The average Bonchev–Trinajstić information content (AvgIpc) is 2.19. The summed E-state index contributed by atoms with van der Waals surface area (Å²) >= 11 is 2.29. The fourth-order valence-corrected chi connectivity index (χ4v) is 2.04. The molecule has 1 aromatic rings. The van der Waals surface area contributed by atoms with Crippen molar-refractivity contribution in [2.75, 3.05) is 13.2 Å². The van der Waals surface area contributed by atoms with E-state index in [9.17, 15) is 0 Å². The Morgan fingerprint density at radius 2 is 2.07 bits per heavy atom. The van der Waals surface area contributed by atoms with Gasteiger partial charge in [0.05, 0.1) is 13.2 Å². The molecule has 0 saturated carbocycles. The van der Waals surface area contributed by atoms with Crippen molar-refractivity contribution in [2.45, 2.75) is 18.9 Å². The van der Waals surface area contributed by atoms with Crippen LogP contribution in [0.1, 0.15) is 12.8 Å². The summed E-state index contributed by atoms with van der Waals surface area (Å²) < 4.78 is 12.3. The highest BCUT2D eigenvalue weighted by Crippen LogP contribution is 2.19. The van der Waals surface area contributed by atoms with Crippen molar-refractivity contribution in [1.82, 2.24) is 0 Å². The van der Waals surface area contributed by atoms with E-state index >= 15 is 0 Å². The van der Waals surface area contributed by atoms with Crippen LogP contribution in [0.15, 0.2) is 24.3 Å². The Hall–Kier alpha value is -0.290. The summed E-state index contributed by atoms with van der Waals surface area (Å²) in [4.78, 5) is 0. The van der Waals surface area contributed by atoms with Crippen molar-refractivity contribution >= 4 is 22.6 Å². The minimum atomic E-state index is 0.335. The first-order valence-electron chi connectivity index (χ1n) is 4.84. The van der Waals surface area contributed by atoms with Crippen LogP contribution in [0.2, 0.25) is 0 Å². The van der Waals surface area contributed by atoms with Crippen LogP contribution in [0.3, 0.4) is 0 Å². The second kappa shape index (κ2) is 4.98. The van der Waals surface area contributed by atoms with Gasteiger partial charge in [0.25, 0.3) is 0 Å². The second-order valence-electron chi connectivity index (χ2n) is 3.39. The van der Waals surface area contributed by atoms with E-state index in [2.05, 4.69) is 34.7 Å². The fourth-order valence-electron chi connectivity index (χ4n) is 1.53. The molecule has 76 valence electrons. The van der Waals surface area contributed by atoms with Crippen LogP contribution < -0.4 is 4.74 Å². The van der Waals surface area contributed by atoms with Gasteiger partial charge in [0.15, 0.2) is 0 Å². The molecule has 14 heavy (non-hydrogen) atoms. The Bertz CT molecular complexity index is 295. The van der Waals surface area contributed by atoms with Crippen molar-refractivity contribution in [3.05, 3.63) is 27.8 Å². The monoisotopic (exact) mass is 304 g/mol. The molecule has 1 aliphatic heterocycles. The minimum Gasteiger partial charge on any atom is -0.490 e. The smallest absolute Gasteiger partial charge is 0.120 e. The molecular formula is C11H13IO2. The molecule has 2 nitrogen and oxygen atoms in total. The summed E-state index contributed by atoms with van der Waals surface area (Å²) in [6.45, 7) is 1.66. The van der Waals surface area contributed by atoms with Gasteiger partial charge in [-0.25, -0.2) is 0 Å². The number of hydrogen-bond acceptors (Lipinski definition) is 2. The lowest BCUT2D eigenvalue weighted by atomic mass is 10.1. The van der Waals surface area contributed by atoms with Gasteiger partial charge in [-0.15, -0.1) is 0 Å². The fraction of sp³-hybridized carbons (Fsp3) is 0.455. The Balaban J connectivity index is 1.95. The maximum atomic E-state index is 5.85. The van der Waals surface area contributed by atoms with E-state index in [1.165, 1.54) is 3.57 Å². The van der Waals surface area contributed by atoms with Crippen LogP contribution in [0.5, 0.6) is 5.75 Å². The van der Waals surface area contributed by atoms with Gasteiger partial charge in [-0.3, -0.25) is 0 Å². The number of halogens is 1. The number of ether oxygens (including phenoxy) is 2. The zero-order valence-corrected chi connectivity index (χ0v) is 10.1. The third-order valence-electron chi connectivity index (χ3n) is 2.27. The standard InChI is InChI=1S/C11H13IO2/c12-9-2-1-3-11(8-9)14-10-4-6-13-7-5-10/h1-3,8,10H,4-7H2. The van der Waals surface area contributed by atoms with Crippen molar-refractivity contribution < 1.29 is 9.47 Å². The largest absolute Gasteiger partial charge is 0.490 e. The normalized spacial score (nSPS) is 18.1. The molecule has 0 amide bonds. The average molecular weight is 304 g/mol. The lowest BCUT2D eigenvalue weighted by Crippen LogP contribution is -2.25. The molecule has 0 N–H and O–H groups in total. The van der Waals surface area contributed by atoms with Gasteiger partial charge in [-0.1, -0.05) is 6.07 Å². The molecule has 3 heteroatoms. The maximum Gasteiger partial charge on any atom is 0.120 e. The van der Waals surface area contributed by atoms with Gasteiger partial charge >= 0.3 is 0 Å². The topological polar surface area (TPSA) is 18.5 Å². The summed E-state index contributed by atoms with van der Waals surface area (Å²) in [5.74, 6) is 0.976. The van der Waals surface area contributed by atoms with Crippen LogP contribution in [-0.2, 0) is 4.74 Å². The predicted molar refractivity (Wildman–Crippen MR) is 63.6 cm³/mol. The van der Waals surface area contributed by atoms with Crippen LogP contribution >= 0.6 is 22.6 Å². The molecule has 0 radical (unpaired) electrons. The first kappa shape index (κ1) is 10.2. The van der Waals surface area contributed by atoms with Crippen LogP contribution in [0.25, 0.3) is 0 Å². The third-order valence-corrected chi connectivity index (χ3v) is 2.94. The number of rotatable bonds is 2. The summed E-state index contributed by atoms with van der Waals surface area (Å²) in [7, 11) is 0. The predicted octanol–water partition coefficient (Wildman–Crippen LogP) is 2.85. The first-order valence-corrected chi connectivity index (χ1v) is 5.92. The Morgan fingerprint density at radius 1 is 1.29 bits per heavy atom. The second-order valence-corrected chi connectivity index (χ2v) is 4.63. The van der Waals surface area contributed by atoms with Crippen molar-refractivity contribution in [3.8, 4) is 5.75 Å². The van der Waals surface area contributed by atoms with Crippen LogP contribution in [-0.4, -0.2) is 19.3 Å². The lowest BCUT2D eigenvalue weighted by Gasteiger charge is -2.23. The van der Waals surface area contributed by atoms with Gasteiger partial charge in [0.1, 0.15) is 11.9 Å². The molecule has 1 heterocycles. The van der Waals surface area contributed by atoms with Crippen LogP contribution in [0, 0.1) is 3.57 Å². The Labute approximate surface area is 97.7 Å². The lowest BCUT2D eigenvalue weighted by molar-refractivity contribution is 0.0255. The molecule has 1 aromatic carbocycles. The van der Waals surface area contributed by atoms with Gasteiger partial charge in [-0.2, -0.15) is 0 Å². The van der Waals surface area contributed by atoms with Gasteiger partial charge < -0.3 is 9.47 Å². The molecule has 0 atom stereocenters. The van der Waals surface area contributed by atoms with Crippen molar-refractivity contribution in [1.29, 1.82) is 0 Å². The van der Waals surface area contributed by atoms with E-state index in [0.717, 1.165) is 31.8 Å². The number of benzene rings is 1. The van der Waals surface area contributed by atoms with Gasteiger partial charge in [0.2, 0.25) is 0 Å². The number of hydrogen-bond donors (Lipinski definition) is 0. The molecule has 0 spiro atoms. The van der Waals surface area contributed by atoms with Gasteiger partial charge in [0, 0.05) is 16.4 Å². The summed E-state index contributed by atoms with van der Waals surface area (Å²) in [6, 6.07) is 8.17. The third kappa shape index (κ3) is 2.85. The molecule has 1 aliphatic rings. The molecular weight excluding hydrogens is 291 g/mol. The molecule has 0 aliphatic carbocycles. The summed E-state index contributed by atoms with van der Waals surface area (Å²) in [5.41, 5.74) is 0. The maximum absolute atomic E-state index is 5.85. The van der Waals surface area contributed by atoms with Crippen molar-refractivity contribution in [3.63, 3.8) is 0 Å². The zero-order valence-electron chi connectivity index (χ0n) is 7.91. The minimum absolute atomic E-state index is 0.335. The SMILES string of the molecule is Ic1cccc(OC2CCOCC2)c1. The van der Waals surface area contributed by atoms with E-state index in [0.29, 0.717) is 6.10 Å². The highest BCUT2D eigenvalue weighted by molar-refractivity contribution is 14.1. The van der Waals surface area contributed by atoms with E-state index in [1.807, 2.05) is 12.1 Å². The van der Waals surface area contributed by atoms with E-state index < -0.39 is 0 Å². The Kier molecular flexibility index (Phi) is 3.64. The molecule has 0 bridgehead atoms. The zero-order chi connectivity index (χ0) is 9.80.